The van der Waals surface area contributed by atoms with Gasteiger partial charge < -0.3 is 5.11 Å². The zero-order valence-electron chi connectivity index (χ0n) is 15.6. The molecule has 0 radical (unpaired) electrons. The lowest BCUT2D eigenvalue weighted by molar-refractivity contribution is 0.439. The number of benzene rings is 2. The van der Waals surface area contributed by atoms with E-state index < -0.39 is 0 Å². The van der Waals surface area contributed by atoms with Crippen molar-refractivity contribution >= 4 is 0 Å². The summed E-state index contributed by atoms with van der Waals surface area (Å²) in [6.45, 7) is 15.3. The fourth-order valence-electron chi connectivity index (χ4n) is 2.88. The van der Waals surface area contributed by atoms with Crippen molar-refractivity contribution in [2.75, 3.05) is 0 Å². The number of phenols is 1. The van der Waals surface area contributed by atoms with Gasteiger partial charge in [0, 0.05) is 6.42 Å². The summed E-state index contributed by atoms with van der Waals surface area (Å²) in [7, 11) is 0. The van der Waals surface area contributed by atoms with Gasteiger partial charge in [0.15, 0.2) is 0 Å². The molecule has 2 rings (SSSR count). The van der Waals surface area contributed by atoms with Crippen molar-refractivity contribution in [1.82, 2.24) is 0 Å². The van der Waals surface area contributed by atoms with Gasteiger partial charge in [-0.1, -0.05) is 83.5 Å². The van der Waals surface area contributed by atoms with Crippen LogP contribution in [-0.4, -0.2) is 5.11 Å². The third-order valence-corrected chi connectivity index (χ3v) is 4.34. The van der Waals surface area contributed by atoms with Gasteiger partial charge in [0.2, 0.25) is 0 Å². The monoisotopic (exact) mass is 310 g/mol. The second-order valence-electron chi connectivity index (χ2n) is 8.70. The van der Waals surface area contributed by atoms with Crippen LogP contribution in [0.15, 0.2) is 36.4 Å². The Morgan fingerprint density at radius 3 is 2.04 bits per heavy atom. The molecule has 0 heterocycles. The van der Waals surface area contributed by atoms with E-state index in [1.165, 1.54) is 16.7 Å². The number of aryl methyl sites for hydroxylation is 1. The van der Waals surface area contributed by atoms with E-state index in [1.54, 1.807) is 0 Å². The Labute approximate surface area is 141 Å². The summed E-state index contributed by atoms with van der Waals surface area (Å²) >= 11 is 0. The highest BCUT2D eigenvalue weighted by Gasteiger charge is 2.24. The molecule has 23 heavy (non-hydrogen) atoms. The van der Waals surface area contributed by atoms with Crippen molar-refractivity contribution in [3.8, 4) is 5.75 Å². The van der Waals surface area contributed by atoms with Crippen molar-refractivity contribution in [3.05, 3.63) is 64.2 Å². The molecule has 0 fully saturated rings. The van der Waals surface area contributed by atoms with Crippen LogP contribution in [0.4, 0.5) is 0 Å². The average molecular weight is 310 g/mol. The van der Waals surface area contributed by atoms with Gasteiger partial charge in [-0.15, -0.1) is 0 Å². The average Bonchev–Trinajstić information content (AvgIpc) is 2.38. The molecule has 0 saturated heterocycles. The number of rotatable bonds is 2. The maximum absolute atomic E-state index is 10.8. The first-order valence-corrected chi connectivity index (χ1v) is 8.41. The molecule has 0 saturated carbocycles. The first-order chi connectivity index (χ1) is 10.5. The summed E-state index contributed by atoms with van der Waals surface area (Å²) in [5, 5.41) is 10.8. The number of hydrogen-bond donors (Lipinski definition) is 1. The van der Waals surface area contributed by atoms with E-state index in [2.05, 4.69) is 84.9 Å². The maximum atomic E-state index is 10.8. The Balaban J connectivity index is 2.58. The van der Waals surface area contributed by atoms with Gasteiger partial charge in [-0.05, 0) is 40.0 Å². The Hall–Kier alpha value is -1.76. The Morgan fingerprint density at radius 1 is 0.870 bits per heavy atom. The first-order valence-electron chi connectivity index (χ1n) is 8.41. The molecule has 0 amide bonds. The maximum Gasteiger partial charge on any atom is 0.122 e. The molecule has 2 aromatic carbocycles. The van der Waals surface area contributed by atoms with Gasteiger partial charge in [0.05, 0.1) is 0 Å². The van der Waals surface area contributed by atoms with Crippen LogP contribution >= 0.6 is 0 Å². The molecule has 0 aromatic heterocycles. The molecule has 0 aliphatic rings. The highest BCUT2D eigenvalue weighted by Crippen LogP contribution is 2.38. The fraction of sp³-hybridized carbons (Fsp3) is 0.455. The van der Waals surface area contributed by atoms with Crippen LogP contribution in [0.2, 0.25) is 0 Å². The third kappa shape index (κ3) is 4.16. The number of aromatic hydroxyl groups is 1. The molecule has 0 aliphatic heterocycles. The van der Waals surface area contributed by atoms with Crippen molar-refractivity contribution in [2.24, 2.45) is 0 Å². The molecule has 0 unspecified atom stereocenters. The van der Waals surface area contributed by atoms with Gasteiger partial charge in [-0.25, -0.2) is 0 Å². The molecule has 2 aromatic rings. The second-order valence-corrected chi connectivity index (χ2v) is 8.70. The van der Waals surface area contributed by atoms with Gasteiger partial charge in [0.25, 0.3) is 0 Å². The van der Waals surface area contributed by atoms with Gasteiger partial charge in [0.1, 0.15) is 5.75 Å². The molecule has 124 valence electrons. The van der Waals surface area contributed by atoms with E-state index in [0.29, 0.717) is 5.75 Å². The van der Waals surface area contributed by atoms with Crippen molar-refractivity contribution in [2.45, 2.75) is 65.7 Å². The minimum absolute atomic E-state index is 0.0645. The molecular formula is C22H30O. The minimum Gasteiger partial charge on any atom is -0.507 e. The lowest BCUT2D eigenvalue weighted by atomic mass is 9.78. The topological polar surface area (TPSA) is 20.2 Å². The van der Waals surface area contributed by atoms with Gasteiger partial charge in [-0.2, -0.15) is 0 Å². The van der Waals surface area contributed by atoms with E-state index in [-0.39, 0.29) is 10.8 Å². The molecule has 1 N–H and O–H groups in total. The summed E-state index contributed by atoms with van der Waals surface area (Å²) < 4.78 is 0. The number of hydrogen-bond acceptors (Lipinski definition) is 1. The quantitative estimate of drug-likeness (QED) is 0.733. The molecule has 1 heteroatoms. The van der Waals surface area contributed by atoms with Crippen molar-refractivity contribution in [3.63, 3.8) is 0 Å². The first kappa shape index (κ1) is 17.6. The Kier molecular flexibility index (Phi) is 4.61. The molecule has 1 nitrogen and oxygen atoms in total. The minimum atomic E-state index is -0.0767. The van der Waals surface area contributed by atoms with E-state index in [0.717, 1.165) is 17.5 Å². The summed E-state index contributed by atoms with van der Waals surface area (Å²) in [6.07, 6.45) is 0.764. The van der Waals surface area contributed by atoms with Crippen LogP contribution in [0.3, 0.4) is 0 Å². The summed E-state index contributed by atoms with van der Waals surface area (Å²) in [5.74, 6) is 0.451. The largest absolute Gasteiger partial charge is 0.507 e. The van der Waals surface area contributed by atoms with Crippen LogP contribution < -0.4 is 0 Å². The Bertz CT molecular complexity index is 697. The van der Waals surface area contributed by atoms with Gasteiger partial charge in [-0.3, -0.25) is 0 Å². The molecule has 0 bridgehead atoms. The molecule has 0 spiro atoms. The molecular weight excluding hydrogens is 280 g/mol. The smallest absolute Gasteiger partial charge is 0.122 e. The van der Waals surface area contributed by atoms with Crippen LogP contribution in [-0.2, 0) is 17.3 Å². The molecule has 0 aliphatic carbocycles. The highest BCUT2D eigenvalue weighted by molar-refractivity contribution is 5.50. The molecule has 0 atom stereocenters. The lowest BCUT2D eigenvalue weighted by Gasteiger charge is -2.27. The third-order valence-electron chi connectivity index (χ3n) is 4.34. The normalized spacial score (nSPS) is 12.5. The van der Waals surface area contributed by atoms with Crippen molar-refractivity contribution in [1.29, 1.82) is 0 Å². The van der Waals surface area contributed by atoms with Crippen LogP contribution in [0, 0.1) is 6.92 Å². The van der Waals surface area contributed by atoms with E-state index in [1.807, 2.05) is 0 Å². The van der Waals surface area contributed by atoms with Gasteiger partial charge >= 0.3 is 0 Å². The predicted octanol–water partition coefficient (Wildman–Crippen LogP) is 5.89. The van der Waals surface area contributed by atoms with Crippen LogP contribution in [0.25, 0.3) is 0 Å². The van der Waals surface area contributed by atoms with Crippen LogP contribution in [0.1, 0.15) is 69.4 Å². The Morgan fingerprint density at radius 2 is 1.52 bits per heavy atom. The van der Waals surface area contributed by atoms with E-state index in [9.17, 15) is 5.11 Å². The highest BCUT2D eigenvalue weighted by atomic mass is 16.3. The predicted molar refractivity (Wildman–Crippen MR) is 99.5 cm³/mol. The zero-order chi connectivity index (χ0) is 17.4. The lowest BCUT2D eigenvalue weighted by Crippen LogP contribution is -2.17. The van der Waals surface area contributed by atoms with E-state index in [4.69, 9.17) is 0 Å². The van der Waals surface area contributed by atoms with Crippen LogP contribution in [0.5, 0.6) is 5.75 Å². The second kappa shape index (κ2) is 6.03. The fourth-order valence-corrected chi connectivity index (χ4v) is 2.88. The summed E-state index contributed by atoms with van der Waals surface area (Å²) in [4.78, 5) is 0. The standard InChI is InChI=1S/C22H30O/c1-15-9-8-10-16(11-15)12-17-13-18(21(2,3)4)14-19(20(17)23)22(5,6)7/h8-11,13-14,23H,12H2,1-7H3. The number of phenolic OH excluding ortho intramolecular Hbond substituents is 1. The summed E-state index contributed by atoms with van der Waals surface area (Å²) in [6, 6.07) is 12.9. The summed E-state index contributed by atoms with van der Waals surface area (Å²) in [5.41, 5.74) is 5.82. The SMILES string of the molecule is Cc1cccc(Cc2cc(C(C)(C)C)cc(C(C)(C)C)c2O)c1. The van der Waals surface area contributed by atoms with E-state index >= 15 is 0 Å². The zero-order valence-corrected chi connectivity index (χ0v) is 15.6. The van der Waals surface area contributed by atoms with Crippen molar-refractivity contribution < 1.29 is 5.11 Å².